The molecule has 0 saturated carbocycles. The van der Waals surface area contributed by atoms with Crippen molar-refractivity contribution in [3.8, 4) is 11.5 Å². The number of nitrogens with zero attached hydrogens (tertiary/aromatic N) is 2. The van der Waals surface area contributed by atoms with Crippen LogP contribution in [0.25, 0.3) is 0 Å². The highest BCUT2D eigenvalue weighted by Gasteiger charge is 2.34. The van der Waals surface area contributed by atoms with Crippen LogP contribution < -0.4 is 19.1 Å². The summed E-state index contributed by atoms with van der Waals surface area (Å²) in [7, 11) is -2.64. The van der Waals surface area contributed by atoms with Gasteiger partial charge >= 0.3 is 0 Å². The van der Waals surface area contributed by atoms with Gasteiger partial charge in [-0.15, -0.1) is 0 Å². The highest BCUT2D eigenvalue weighted by Crippen LogP contribution is 2.33. The zero-order valence-electron chi connectivity index (χ0n) is 24.5. The number of aryl methyl sites for hydroxylation is 1. The highest BCUT2D eigenvalue weighted by atomic mass is 32.2. The van der Waals surface area contributed by atoms with Crippen LogP contribution in [0.4, 0.5) is 5.69 Å². The number of carbonyl (C=O) groups is 2. The number of sulfonamides is 1. The molecular formula is C31H39N3O6S. The summed E-state index contributed by atoms with van der Waals surface area (Å²) in [6.07, 6.45) is 0. The molecule has 0 saturated heterocycles. The lowest BCUT2D eigenvalue weighted by molar-refractivity contribution is -0.139. The summed E-state index contributed by atoms with van der Waals surface area (Å²) in [6.45, 7) is 8.80. The number of hydrogen-bond acceptors (Lipinski definition) is 6. The van der Waals surface area contributed by atoms with Gasteiger partial charge in [-0.05, 0) is 76.6 Å². The maximum Gasteiger partial charge on any atom is 0.264 e. The van der Waals surface area contributed by atoms with Crippen LogP contribution in [0.2, 0.25) is 0 Å². The Morgan fingerprint density at radius 2 is 1.56 bits per heavy atom. The van der Waals surface area contributed by atoms with Gasteiger partial charge in [-0.25, -0.2) is 8.42 Å². The van der Waals surface area contributed by atoms with Crippen molar-refractivity contribution in [1.29, 1.82) is 0 Å². The molecule has 2 amide bonds. The van der Waals surface area contributed by atoms with E-state index in [1.807, 2.05) is 20.8 Å². The number of amides is 2. The molecule has 0 aromatic heterocycles. The Kier molecular flexibility index (Phi) is 10.8. The van der Waals surface area contributed by atoms with Crippen molar-refractivity contribution in [3.05, 3.63) is 83.9 Å². The molecule has 9 nitrogen and oxygen atoms in total. The first-order valence-electron chi connectivity index (χ1n) is 13.5. The fourth-order valence-electron chi connectivity index (χ4n) is 4.21. The van der Waals surface area contributed by atoms with Crippen LogP contribution in [0.5, 0.6) is 11.5 Å². The van der Waals surface area contributed by atoms with Gasteiger partial charge in [0.05, 0.1) is 24.3 Å². The summed E-state index contributed by atoms with van der Waals surface area (Å²) in [4.78, 5) is 28.5. The monoisotopic (exact) mass is 581 g/mol. The molecule has 3 rings (SSSR count). The second kappa shape index (κ2) is 14.0. The zero-order valence-corrected chi connectivity index (χ0v) is 25.3. The van der Waals surface area contributed by atoms with Crippen molar-refractivity contribution in [2.75, 3.05) is 24.6 Å². The minimum absolute atomic E-state index is 0.0366. The number of para-hydroxylation sites is 2. The minimum Gasteiger partial charge on any atom is -0.497 e. The van der Waals surface area contributed by atoms with Gasteiger partial charge < -0.3 is 19.7 Å². The number of benzene rings is 3. The molecule has 220 valence electrons. The number of carbonyl (C=O) groups excluding carboxylic acids is 2. The molecule has 0 bridgehead atoms. The normalized spacial score (nSPS) is 12.0. The van der Waals surface area contributed by atoms with E-state index in [9.17, 15) is 18.0 Å². The number of ether oxygens (including phenoxy) is 2. The number of hydrogen-bond donors (Lipinski definition) is 1. The third kappa shape index (κ3) is 8.00. The fourth-order valence-corrected chi connectivity index (χ4v) is 5.63. The first kappa shape index (κ1) is 31.5. The van der Waals surface area contributed by atoms with Crippen LogP contribution in [-0.4, -0.2) is 57.5 Å². The third-order valence-electron chi connectivity index (χ3n) is 6.43. The molecule has 41 heavy (non-hydrogen) atoms. The molecule has 0 aliphatic heterocycles. The molecular weight excluding hydrogens is 542 g/mol. The largest absolute Gasteiger partial charge is 0.497 e. The second-order valence-electron chi connectivity index (χ2n) is 9.93. The number of methoxy groups -OCH3 is 1. The number of anilines is 1. The average molecular weight is 582 g/mol. The van der Waals surface area contributed by atoms with Crippen LogP contribution in [0.15, 0.2) is 77.7 Å². The Morgan fingerprint density at radius 1 is 0.927 bits per heavy atom. The predicted molar refractivity (Wildman–Crippen MR) is 160 cm³/mol. The first-order chi connectivity index (χ1) is 19.5. The van der Waals surface area contributed by atoms with Gasteiger partial charge in [0.15, 0.2) is 0 Å². The average Bonchev–Trinajstić information content (AvgIpc) is 2.95. The van der Waals surface area contributed by atoms with Crippen LogP contribution in [-0.2, 0) is 26.2 Å². The first-order valence-corrected chi connectivity index (χ1v) is 15.0. The molecule has 3 aromatic carbocycles. The molecule has 10 heteroatoms. The summed E-state index contributed by atoms with van der Waals surface area (Å²) >= 11 is 0. The van der Waals surface area contributed by atoms with Crippen molar-refractivity contribution < 1.29 is 27.5 Å². The van der Waals surface area contributed by atoms with Gasteiger partial charge in [0.2, 0.25) is 11.8 Å². The maximum absolute atomic E-state index is 14.1. The van der Waals surface area contributed by atoms with E-state index in [0.29, 0.717) is 18.1 Å². The molecule has 0 fully saturated rings. The Labute approximate surface area is 243 Å². The van der Waals surface area contributed by atoms with Gasteiger partial charge in [-0.3, -0.25) is 13.9 Å². The van der Waals surface area contributed by atoms with E-state index in [2.05, 4.69) is 5.32 Å². The lowest BCUT2D eigenvalue weighted by Crippen LogP contribution is -2.52. The highest BCUT2D eigenvalue weighted by molar-refractivity contribution is 7.92. The molecule has 0 spiro atoms. The van der Waals surface area contributed by atoms with E-state index in [0.717, 1.165) is 15.4 Å². The smallest absolute Gasteiger partial charge is 0.264 e. The molecule has 1 N–H and O–H groups in total. The van der Waals surface area contributed by atoms with E-state index in [1.165, 1.54) is 17.0 Å². The Bertz CT molecular complexity index is 1420. The van der Waals surface area contributed by atoms with E-state index in [1.54, 1.807) is 81.6 Å². The van der Waals surface area contributed by atoms with Crippen LogP contribution >= 0.6 is 0 Å². The zero-order chi connectivity index (χ0) is 30.2. The van der Waals surface area contributed by atoms with Gasteiger partial charge in [0.25, 0.3) is 10.0 Å². The summed E-state index contributed by atoms with van der Waals surface area (Å²) in [5.74, 6) is 0.0876. The Hall–Kier alpha value is -4.05. The van der Waals surface area contributed by atoms with Crippen molar-refractivity contribution >= 4 is 27.5 Å². The van der Waals surface area contributed by atoms with E-state index < -0.39 is 28.5 Å². The number of rotatable bonds is 13. The fraction of sp³-hybridized carbons (Fsp3) is 0.355. The van der Waals surface area contributed by atoms with Crippen molar-refractivity contribution in [3.63, 3.8) is 0 Å². The second-order valence-corrected chi connectivity index (χ2v) is 11.8. The molecule has 0 aliphatic rings. The Balaban J connectivity index is 2.07. The SMILES string of the molecule is CCOc1ccccc1N(CC(=O)N(Cc1ccc(OC)cc1)C(C)C(=O)NC(C)C)S(=O)(=O)c1ccc(C)cc1. The van der Waals surface area contributed by atoms with Gasteiger partial charge in [-0.1, -0.05) is 42.0 Å². The standard InChI is InChI=1S/C31H39N3O6S/c1-7-40-29-11-9-8-10-28(29)34(41(37,38)27-18-12-23(4)13-19-27)21-30(35)33(24(5)31(36)32-22(2)3)20-25-14-16-26(39-6)17-15-25/h8-19,22,24H,7,20-21H2,1-6H3,(H,32,36). The van der Waals surface area contributed by atoms with E-state index >= 15 is 0 Å². The lowest BCUT2D eigenvalue weighted by Gasteiger charge is -2.32. The topological polar surface area (TPSA) is 105 Å². The maximum atomic E-state index is 14.1. The quantitative estimate of drug-likeness (QED) is 0.318. The molecule has 1 atom stereocenters. The van der Waals surface area contributed by atoms with Gasteiger partial charge in [0, 0.05) is 12.6 Å². The van der Waals surface area contributed by atoms with Crippen LogP contribution in [0, 0.1) is 6.92 Å². The third-order valence-corrected chi connectivity index (χ3v) is 8.21. The van der Waals surface area contributed by atoms with E-state index in [4.69, 9.17) is 9.47 Å². The van der Waals surface area contributed by atoms with Crippen molar-refractivity contribution in [2.24, 2.45) is 0 Å². The van der Waals surface area contributed by atoms with Crippen molar-refractivity contribution in [1.82, 2.24) is 10.2 Å². The predicted octanol–water partition coefficient (Wildman–Crippen LogP) is 4.54. The van der Waals surface area contributed by atoms with Crippen LogP contribution in [0.1, 0.15) is 38.8 Å². The van der Waals surface area contributed by atoms with Gasteiger partial charge in [0.1, 0.15) is 24.1 Å². The minimum atomic E-state index is -4.20. The van der Waals surface area contributed by atoms with Crippen LogP contribution in [0.3, 0.4) is 0 Å². The molecule has 0 radical (unpaired) electrons. The molecule has 0 aliphatic carbocycles. The summed E-state index contributed by atoms with van der Waals surface area (Å²) in [5, 5.41) is 2.85. The Morgan fingerprint density at radius 3 is 2.15 bits per heavy atom. The van der Waals surface area contributed by atoms with E-state index in [-0.39, 0.29) is 29.1 Å². The summed E-state index contributed by atoms with van der Waals surface area (Å²) < 4.78 is 40.1. The summed E-state index contributed by atoms with van der Waals surface area (Å²) in [6, 6.07) is 19.2. The summed E-state index contributed by atoms with van der Waals surface area (Å²) in [5.41, 5.74) is 1.88. The van der Waals surface area contributed by atoms with Crippen molar-refractivity contribution in [2.45, 2.75) is 58.1 Å². The lowest BCUT2D eigenvalue weighted by atomic mass is 10.1. The van der Waals surface area contributed by atoms with Gasteiger partial charge in [-0.2, -0.15) is 0 Å². The molecule has 0 heterocycles. The molecule has 3 aromatic rings. The number of nitrogens with one attached hydrogen (secondary N) is 1. The molecule has 1 unspecified atom stereocenters.